The van der Waals surface area contributed by atoms with Crippen LogP contribution in [-0.4, -0.2) is 13.6 Å². The van der Waals surface area contributed by atoms with E-state index in [1.54, 1.807) is 0 Å². The number of aryl methyl sites for hydroxylation is 1. The topological polar surface area (TPSA) is 12.0 Å². The first-order chi connectivity index (χ1) is 9.53. The van der Waals surface area contributed by atoms with E-state index in [1.807, 2.05) is 13.1 Å². The van der Waals surface area contributed by atoms with E-state index in [-0.39, 0.29) is 0 Å². The average molecular weight is 290 g/mol. The number of fused-ring (bicyclic) bond motifs is 1. The molecule has 0 bridgehead atoms. The summed E-state index contributed by atoms with van der Waals surface area (Å²) in [7, 11) is 2.02. The van der Waals surface area contributed by atoms with E-state index in [0.29, 0.717) is 5.41 Å². The molecule has 2 rings (SSSR count). The summed E-state index contributed by atoms with van der Waals surface area (Å²) in [5.74, 6) is 0. The highest BCUT2D eigenvalue weighted by molar-refractivity contribution is 6.35. The number of nitrogens with one attached hydrogen (secondary N) is 1. The molecule has 0 atom stereocenters. The summed E-state index contributed by atoms with van der Waals surface area (Å²) in [6.45, 7) is 5.78. The summed E-state index contributed by atoms with van der Waals surface area (Å²) in [6.07, 6.45) is 3.50. The molecule has 2 aromatic rings. The van der Waals surface area contributed by atoms with Gasteiger partial charge in [-0.15, -0.1) is 0 Å². The van der Waals surface area contributed by atoms with Crippen molar-refractivity contribution in [1.82, 2.24) is 5.32 Å². The highest BCUT2D eigenvalue weighted by Gasteiger charge is 2.17. The lowest BCUT2D eigenvalue weighted by Crippen LogP contribution is -2.20. The molecule has 0 radical (unpaired) electrons. The van der Waals surface area contributed by atoms with Crippen LogP contribution in [0.15, 0.2) is 36.4 Å². The first-order valence-electron chi connectivity index (χ1n) is 7.34. The summed E-state index contributed by atoms with van der Waals surface area (Å²) >= 11 is 6.28. The van der Waals surface area contributed by atoms with Crippen LogP contribution in [0.25, 0.3) is 10.8 Å². The zero-order valence-corrected chi connectivity index (χ0v) is 13.4. The minimum atomic E-state index is 0.365. The lowest BCUT2D eigenvalue weighted by atomic mass is 9.82. The Balaban J connectivity index is 2.16. The molecule has 20 heavy (non-hydrogen) atoms. The van der Waals surface area contributed by atoms with Crippen molar-refractivity contribution in [3.63, 3.8) is 0 Å². The Bertz CT molecular complexity index is 575. The second kappa shape index (κ2) is 6.60. The van der Waals surface area contributed by atoms with Crippen molar-refractivity contribution in [3.05, 3.63) is 47.0 Å². The smallest absolute Gasteiger partial charge is 0.0484 e. The summed E-state index contributed by atoms with van der Waals surface area (Å²) in [5.41, 5.74) is 1.77. The third-order valence-corrected chi connectivity index (χ3v) is 4.41. The van der Waals surface area contributed by atoms with Crippen LogP contribution in [-0.2, 0) is 6.42 Å². The normalized spacial score (nSPS) is 12.0. The standard InChI is InChI=1S/C18H24ClN/c1-18(2,12-13-20-3)11-10-14-8-9-17(19)16-7-5-4-6-15(14)16/h4-9,20H,10-13H2,1-3H3. The van der Waals surface area contributed by atoms with Crippen LogP contribution in [0.5, 0.6) is 0 Å². The maximum absolute atomic E-state index is 6.28. The first-order valence-corrected chi connectivity index (χ1v) is 7.72. The molecule has 2 heteroatoms. The van der Waals surface area contributed by atoms with Gasteiger partial charge in [-0.3, -0.25) is 0 Å². The Labute approximate surface area is 127 Å². The highest BCUT2D eigenvalue weighted by atomic mass is 35.5. The molecule has 0 saturated heterocycles. The van der Waals surface area contributed by atoms with E-state index >= 15 is 0 Å². The van der Waals surface area contributed by atoms with Crippen molar-refractivity contribution in [1.29, 1.82) is 0 Å². The molecule has 0 heterocycles. The van der Waals surface area contributed by atoms with Crippen LogP contribution >= 0.6 is 11.6 Å². The van der Waals surface area contributed by atoms with Gasteiger partial charge >= 0.3 is 0 Å². The average Bonchev–Trinajstić information content (AvgIpc) is 2.45. The van der Waals surface area contributed by atoms with Crippen LogP contribution in [0.4, 0.5) is 0 Å². The number of benzene rings is 2. The van der Waals surface area contributed by atoms with Gasteiger partial charge in [-0.05, 0) is 55.3 Å². The van der Waals surface area contributed by atoms with Gasteiger partial charge in [-0.25, -0.2) is 0 Å². The van der Waals surface area contributed by atoms with Gasteiger partial charge in [0.15, 0.2) is 0 Å². The molecule has 1 N–H and O–H groups in total. The minimum Gasteiger partial charge on any atom is -0.320 e. The molecule has 0 aliphatic carbocycles. The fourth-order valence-electron chi connectivity index (χ4n) is 2.60. The highest BCUT2D eigenvalue weighted by Crippen LogP contribution is 2.31. The predicted octanol–water partition coefficient (Wildman–Crippen LogP) is 5.06. The Morgan fingerprint density at radius 2 is 1.70 bits per heavy atom. The van der Waals surface area contributed by atoms with Crippen molar-refractivity contribution in [2.45, 2.75) is 33.1 Å². The van der Waals surface area contributed by atoms with E-state index < -0.39 is 0 Å². The Morgan fingerprint density at radius 3 is 2.40 bits per heavy atom. The Morgan fingerprint density at radius 1 is 1.00 bits per heavy atom. The number of halogens is 1. The van der Waals surface area contributed by atoms with Crippen molar-refractivity contribution in [2.24, 2.45) is 5.41 Å². The summed E-state index contributed by atoms with van der Waals surface area (Å²) in [4.78, 5) is 0. The maximum atomic E-state index is 6.28. The van der Waals surface area contributed by atoms with Crippen LogP contribution in [0, 0.1) is 5.41 Å². The molecular formula is C18H24ClN. The fraction of sp³-hybridized carbons (Fsp3) is 0.444. The third-order valence-electron chi connectivity index (χ3n) is 4.08. The fourth-order valence-corrected chi connectivity index (χ4v) is 2.83. The number of hydrogen-bond donors (Lipinski definition) is 1. The zero-order chi connectivity index (χ0) is 14.6. The van der Waals surface area contributed by atoms with Gasteiger partial charge in [0.1, 0.15) is 0 Å². The molecule has 0 aromatic heterocycles. The van der Waals surface area contributed by atoms with Crippen molar-refractivity contribution in [2.75, 3.05) is 13.6 Å². The van der Waals surface area contributed by atoms with Gasteiger partial charge in [0, 0.05) is 10.4 Å². The quantitative estimate of drug-likeness (QED) is 0.783. The van der Waals surface area contributed by atoms with Gasteiger partial charge in [0.2, 0.25) is 0 Å². The molecule has 0 aliphatic rings. The van der Waals surface area contributed by atoms with E-state index in [1.165, 1.54) is 29.2 Å². The summed E-state index contributed by atoms with van der Waals surface area (Å²) < 4.78 is 0. The maximum Gasteiger partial charge on any atom is 0.0484 e. The van der Waals surface area contributed by atoms with Crippen molar-refractivity contribution in [3.8, 4) is 0 Å². The second-order valence-electron chi connectivity index (χ2n) is 6.27. The van der Waals surface area contributed by atoms with E-state index in [9.17, 15) is 0 Å². The first kappa shape index (κ1) is 15.3. The molecule has 0 fully saturated rings. The molecule has 2 aromatic carbocycles. The molecule has 1 nitrogen and oxygen atoms in total. The van der Waals surface area contributed by atoms with Crippen LogP contribution < -0.4 is 5.32 Å². The predicted molar refractivity (Wildman–Crippen MR) is 89.6 cm³/mol. The van der Waals surface area contributed by atoms with E-state index in [2.05, 4.69) is 49.5 Å². The largest absolute Gasteiger partial charge is 0.320 e. The number of rotatable bonds is 6. The van der Waals surface area contributed by atoms with Crippen LogP contribution in [0.2, 0.25) is 5.02 Å². The molecular weight excluding hydrogens is 266 g/mol. The number of hydrogen-bond acceptors (Lipinski definition) is 1. The van der Waals surface area contributed by atoms with Crippen molar-refractivity contribution < 1.29 is 0 Å². The third kappa shape index (κ3) is 3.74. The van der Waals surface area contributed by atoms with Crippen LogP contribution in [0.3, 0.4) is 0 Å². The summed E-state index contributed by atoms with van der Waals surface area (Å²) in [5, 5.41) is 6.55. The monoisotopic (exact) mass is 289 g/mol. The Kier molecular flexibility index (Phi) is 5.06. The lowest BCUT2D eigenvalue weighted by Gasteiger charge is -2.24. The van der Waals surface area contributed by atoms with Gasteiger partial charge in [-0.1, -0.05) is 55.8 Å². The molecule has 0 spiro atoms. The Hall–Kier alpha value is -1.05. The molecule has 0 amide bonds. The lowest BCUT2D eigenvalue weighted by molar-refractivity contribution is 0.306. The van der Waals surface area contributed by atoms with E-state index in [0.717, 1.165) is 18.0 Å². The SMILES string of the molecule is CNCCC(C)(C)CCc1ccc(Cl)c2ccccc12. The van der Waals surface area contributed by atoms with Crippen LogP contribution in [0.1, 0.15) is 32.3 Å². The minimum absolute atomic E-state index is 0.365. The zero-order valence-electron chi connectivity index (χ0n) is 12.7. The van der Waals surface area contributed by atoms with Crippen molar-refractivity contribution >= 4 is 22.4 Å². The van der Waals surface area contributed by atoms with Gasteiger partial charge in [0.05, 0.1) is 0 Å². The summed E-state index contributed by atoms with van der Waals surface area (Å²) in [6, 6.07) is 12.6. The molecule has 0 saturated carbocycles. The van der Waals surface area contributed by atoms with E-state index in [4.69, 9.17) is 11.6 Å². The molecule has 0 aliphatic heterocycles. The molecule has 0 unspecified atom stereocenters. The van der Waals surface area contributed by atoms with Gasteiger partial charge in [-0.2, -0.15) is 0 Å². The van der Waals surface area contributed by atoms with Gasteiger partial charge in [0.25, 0.3) is 0 Å². The van der Waals surface area contributed by atoms with Gasteiger partial charge < -0.3 is 5.32 Å². The second-order valence-corrected chi connectivity index (χ2v) is 6.68. The molecule has 108 valence electrons.